The highest BCUT2D eigenvalue weighted by molar-refractivity contribution is 5.30. The van der Waals surface area contributed by atoms with Crippen molar-refractivity contribution in [1.29, 1.82) is 5.26 Å². The van der Waals surface area contributed by atoms with E-state index in [0.717, 1.165) is 5.56 Å². The van der Waals surface area contributed by atoms with Crippen LogP contribution in [0.25, 0.3) is 0 Å². The minimum absolute atomic E-state index is 0.226. The number of nitrogens with zero attached hydrogens (tertiary/aromatic N) is 1. The van der Waals surface area contributed by atoms with Gasteiger partial charge >= 0.3 is 0 Å². The first kappa shape index (κ1) is 10.7. The Kier molecular flexibility index (Phi) is 3.63. The predicted octanol–water partition coefficient (Wildman–Crippen LogP) is 1.40. The molecule has 1 rings (SSSR count). The number of ether oxygens (including phenoxy) is 1. The molecular formula is C11H14N2O. The second-order valence-electron chi connectivity index (χ2n) is 3.09. The van der Waals surface area contributed by atoms with Gasteiger partial charge < -0.3 is 10.5 Å². The molecule has 3 heteroatoms. The number of benzene rings is 1. The molecule has 0 saturated heterocycles. The second kappa shape index (κ2) is 4.75. The normalized spacial score (nSPS) is 14.4. The van der Waals surface area contributed by atoms with Crippen LogP contribution in [0.4, 0.5) is 0 Å². The van der Waals surface area contributed by atoms with Gasteiger partial charge in [0.1, 0.15) is 0 Å². The molecule has 0 bridgehead atoms. The Balaban J connectivity index is 2.86. The summed E-state index contributed by atoms with van der Waals surface area (Å²) in [6.45, 7) is 2.67. The Morgan fingerprint density at radius 3 is 2.57 bits per heavy atom. The van der Waals surface area contributed by atoms with E-state index < -0.39 is 5.54 Å². The molecule has 14 heavy (non-hydrogen) atoms. The van der Waals surface area contributed by atoms with E-state index >= 15 is 0 Å². The summed E-state index contributed by atoms with van der Waals surface area (Å²) in [5.74, 6) is 0. The zero-order valence-electron chi connectivity index (χ0n) is 8.23. The van der Waals surface area contributed by atoms with Crippen LogP contribution in [-0.2, 0) is 10.3 Å². The van der Waals surface area contributed by atoms with Crippen LogP contribution < -0.4 is 5.73 Å². The quantitative estimate of drug-likeness (QED) is 0.780. The Morgan fingerprint density at radius 2 is 2.07 bits per heavy atom. The van der Waals surface area contributed by atoms with Gasteiger partial charge in [-0.3, -0.25) is 0 Å². The van der Waals surface area contributed by atoms with E-state index in [9.17, 15) is 0 Å². The van der Waals surface area contributed by atoms with Crippen LogP contribution in [0.5, 0.6) is 0 Å². The minimum Gasteiger partial charge on any atom is -0.378 e. The van der Waals surface area contributed by atoms with E-state index in [4.69, 9.17) is 15.7 Å². The summed E-state index contributed by atoms with van der Waals surface area (Å²) >= 11 is 0. The van der Waals surface area contributed by atoms with Gasteiger partial charge in [0.05, 0.1) is 12.7 Å². The molecule has 74 valence electrons. The van der Waals surface area contributed by atoms with Gasteiger partial charge in [0.2, 0.25) is 0 Å². The van der Waals surface area contributed by atoms with Gasteiger partial charge in [0.25, 0.3) is 0 Å². The SMILES string of the molecule is CCOCC(N)(C#N)c1ccccc1. The summed E-state index contributed by atoms with van der Waals surface area (Å²) in [5, 5.41) is 9.01. The molecule has 0 heterocycles. The number of hydrogen-bond acceptors (Lipinski definition) is 3. The third kappa shape index (κ3) is 2.32. The highest BCUT2D eigenvalue weighted by Crippen LogP contribution is 2.17. The summed E-state index contributed by atoms with van der Waals surface area (Å²) in [4.78, 5) is 0. The zero-order chi connectivity index (χ0) is 10.4. The predicted molar refractivity (Wildman–Crippen MR) is 54.4 cm³/mol. The lowest BCUT2D eigenvalue weighted by atomic mass is 9.94. The smallest absolute Gasteiger partial charge is 0.153 e. The van der Waals surface area contributed by atoms with Crippen molar-refractivity contribution < 1.29 is 4.74 Å². The standard InChI is InChI=1S/C11H14N2O/c1-2-14-9-11(13,8-12)10-6-4-3-5-7-10/h3-7H,2,9,13H2,1H3. The average Bonchev–Trinajstić information content (AvgIpc) is 2.27. The molecule has 2 N–H and O–H groups in total. The molecule has 0 radical (unpaired) electrons. The first-order chi connectivity index (χ1) is 6.73. The van der Waals surface area contributed by atoms with Gasteiger partial charge in [-0.2, -0.15) is 5.26 Å². The summed E-state index contributed by atoms with van der Waals surface area (Å²) in [6, 6.07) is 11.4. The fraction of sp³-hybridized carbons (Fsp3) is 0.364. The van der Waals surface area contributed by atoms with Gasteiger partial charge in [0, 0.05) is 6.61 Å². The van der Waals surface area contributed by atoms with Crippen molar-refractivity contribution in [3.63, 3.8) is 0 Å². The first-order valence-corrected chi connectivity index (χ1v) is 4.56. The summed E-state index contributed by atoms with van der Waals surface area (Å²) in [7, 11) is 0. The van der Waals surface area contributed by atoms with E-state index in [1.54, 1.807) is 0 Å². The van der Waals surface area contributed by atoms with Gasteiger partial charge in [0.15, 0.2) is 5.54 Å². The lowest BCUT2D eigenvalue weighted by molar-refractivity contribution is 0.113. The maximum atomic E-state index is 9.01. The molecule has 1 atom stereocenters. The summed E-state index contributed by atoms with van der Waals surface area (Å²) in [6.07, 6.45) is 0. The molecule has 0 aliphatic carbocycles. The van der Waals surface area contributed by atoms with Crippen LogP contribution in [-0.4, -0.2) is 13.2 Å². The monoisotopic (exact) mass is 190 g/mol. The van der Waals surface area contributed by atoms with Crippen LogP contribution in [0.3, 0.4) is 0 Å². The number of nitrogens with two attached hydrogens (primary N) is 1. The number of nitriles is 1. The van der Waals surface area contributed by atoms with E-state index in [2.05, 4.69) is 6.07 Å². The molecule has 0 aliphatic rings. The first-order valence-electron chi connectivity index (χ1n) is 4.56. The van der Waals surface area contributed by atoms with E-state index in [-0.39, 0.29) is 6.61 Å². The number of hydrogen-bond donors (Lipinski definition) is 1. The third-order valence-electron chi connectivity index (χ3n) is 2.02. The third-order valence-corrected chi connectivity index (χ3v) is 2.02. The Bertz CT molecular complexity index is 318. The van der Waals surface area contributed by atoms with Gasteiger partial charge in [-0.15, -0.1) is 0 Å². The molecule has 1 aromatic rings. The van der Waals surface area contributed by atoms with Gasteiger partial charge in [-0.1, -0.05) is 30.3 Å². The average molecular weight is 190 g/mol. The largest absolute Gasteiger partial charge is 0.378 e. The minimum atomic E-state index is -1.03. The molecule has 0 amide bonds. The highest BCUT2D eigenvalue weighted by atomic mass is 16.5. The van der Waals surface area contributed by atoms with Crippen molar-refractivity contribution in [2.24, 2.45) is 5.73 Å². The van der Waals surface area contributed by atoms with Crippen molar-refractivity contribution in [3.05, 3.63) is 35.9 Å². The highest BCUT2D eigenvalue weighted by Gasteiger charge is 2.26. The second-order valence-corrected chi connectivity index (χ2v) is 3.09. The molecule has 0 aliphatic heterocycles. The van der Waals surface area contributed by atoms with Crippen LogP contribution in [0.15, 0.2) is 30.3 Å². The molecule has 0 aromatic heterocycles. The fourth-order valence-corrected chi connectivity index (χ4v) is 1.18. The van der Waals surface area contributed by atoms with Crippen LogP contribution in [0.2, 0.25) is 0 Å². The summed E-state index contributed by atoms with van der Waals surface area (Å²) < 4.78 is 5.20. The maximum Gasteiger partial charge on any atom is 0.153 e. The van der Waals surface area contributed by atoms with Crippen LogP contribution in [0, 0.1) is 11.3 Å². The van der Waals surface area contributed by atoms with Gasteiger partial charge in [-0.25, -0.2) is 0 Å². The van der Waals surface area contributed by atoms with Crippen molar-refractivity contribution in [3.8, 4) is 6.07 Å². The van der Waals surface area contributed by atoms with Crippen molar-refractivity contribution >= 4 is 0 Å². The van der Waals surface area contributed by atoms with Crippen LogP contribution >= 0.6 is 0 Å². The molecule has 0 spiro atoms. The summed E-state index contributed by atoms with van der Waals surface area (Å²) in [5.41, 5.74) is 5.68. The Labute approximate surface area is 84.1 Å². The molecule has 1 aromatic carbocycles. The van der Waals surface area contributed by atoms with E-state index in [1.807, 2.05) is 37.3 Å². The lowest BCUT2D eigenvalue weighted by Gasteiger charge is -2.21. The molecule has 1 unspecified atom stereocenters. The molecule has 3 nitrogen and oxygen atoms in total. The molecular weight excluding hydrogens is 176 g/mol. The van der Waals surface area contributed by atoms with E-state index in [1.165, 1.54) is 0 Å². The van der Waals surface area contributed by atoms with Crippen molar-refractivity contribution in [2.75, 3.05) is 13.2 Å². The topological polar surface area (TPSA) is 59.0 Å². The van der Waals surface area contributed by atoms with Crippen molar-refractivity contribution in [1.82, 2.24) is 0 Å². The Morgan fingerprint density at radius 1 is 1.43 bits per heavy atom. The maximum absolute atomic E-state index is 9.01. The molecule has 0 fully saturated rings. The number of rotatable bonds is 4. The fourth-order valence-electron chi connectivity index (χ4n) is 1.18. The zero-order valence-corrected chi connectivity index (χ0v) is 8.23. The molecule has 0 saturated carbocycles. The van der Waals surface area contributed by atoms with E-state index in [0.29, 0.717) is 6.61 Å². The van der Waals surface area contributed by atoms with Crippen LogP contribution in [0.1, 0.15) is 12.5 Å². The van der Waals surface area contributed by atoms with Gasteiger partial charge in [-0.05, 0) is 12.5 Å². The lowest BCUT2D eigenvalue weighted by Crippen LogP contribution is -2.40. The van der Waals surface area contributed by atoms with Crippen molar-refractivity contribution in [2.45, 2.75) is 12.5 Å². The Hall–Kier alpha value is -1.37.